The molecule has 0 bridgehead atoms. The van der Waals surface area contributed by atoms with Crippen molar-refractivity contribution in [2.24, 2.45) is 13.0 Å². The summed E-state index contributed by atoms with van der Waals surface area (Å²) in [5.74, 6) is 0.590. The molecule has 0 spiro atoms. The summed E-state index contributed by atoms with van der Waals surface area (Å²) >= 11 is 1.70. The second-order valence-electron chi connectivity index (χ2n) is 7.42. The standard InChI is InChI=1S/C20H24N4OS/c1-13(2)11-14-12-17(23(3)22-14)20(25)24-10-6-8-16(24)19-21-15-7-4-5-9-18(15)26-19/h4-5,7,9,12-13,16H,6,8,10-11H2,1-3H3. The molecule has 5 nitrogen and oxygen atoms in total. The number of benzene rings is 1. The van der Waals surface area contributed by atoms with Gasteiger partial charge < -0.3 is 4.90 Å². The highest BCUT2D eigenvalue weighted by Gasteiger charge is 2.34. The molecule has 26 heavy (non-hydrogen) atoms. The highest BCUT2D eigenvalue weighted by atomic mass is 32.1. The van der Waals surface area contributed by atoms with E-state index in [-0.39, 0.29) is 11.9 Å². The average molecular weight is 369 g/mol. The van der Waals surface area contributed by atoms with Gasteiger partial charge in [-0.05, 0) is 43.4 Å². The van der Waals surface area contributed by atoms with Crippen LogP contribution in [0.5, 0.6) is 0 Å². The van der Waals surface area contributed by atoms with E-state index in [0.717, 1.165) is 42.0 Å². The van der Waals surface area contributed by atoms with Crippen molar-refractivity contribution in [1.82, 2.24) is 19.7 Å². The molecule has 1 fully saturated rings. The lowest BCUT2D eigenvalue weighted by Crippen LogP contribution is -2.31. The number of carbonyl (C=O) groups excluding carboxylic acids is 1. The van der Waals surface area contributed by atoms with Gasteiger partial charge in [0.2, 0.25) is 0 Å². The Labute approximate surface area is 157 Å². The molecule has 1 saturated heterocycles. The van der Waals surface area contributed by atoms with Crippen LogP contribution < -0.4 is 0 Å². The first-order chi connectivity index (χ1) is 12.5. The van der Waals surface area contributed by atoms with E-state index in [1.807, 2.05) is 36.2 Å². The number of hydrogen-bond donors (Lipinski definition) is 0. The molecule has 3 aromatic rings. The molecule has 1 aliphatic rings. The van der Waals surface area contributed by atoms with Crippen molar-refractivity contribution in [1.29, 1.82) is 0 Å². The fourth-order valence-corrected chi connectivity index (χ4v) is 4.81. The minimum Gasteiger partial charge on any atom is -0.328 e. The molecule has 1 amide bonds. The molecule has 1 aliphatic heterocycles. The average Bonchev–Trinajstić information content (AvgIpc) is 3.30. The normalized spacial score (nSPS) is 17.5. The first kappa shape index (κ1) is 17.2. The van der Waals surface area contributed by atoms with Gasteiger partial charge in [-0.3, -0.25) is 9.48 Å². The van der Waals surface area contributed by atoms with Gasteiger partial charge in [0.05, 0.1) is 22.0 Å². The zero-order chi connectivity index (χ0) is 18.3. The first-order valence-electron chi connectivity index (χ1n) is 9.22. The first-order valence-corrected chi connectivity index (χ1v) is 10.0. The second kappa shape index (κ2) is 6.83. The van der Waals surface area contributed by atoms with Gasteiger partial charge in [-0.15, -0.1) is 11.3 Å². The van der Waals surface area contributed by atoms with Gasteiger partial charge in [-0.2, -0.15) is 5.10 Å². The molecule has 1 aromatic carbocycles. The number of amides is 1. The van der Waals surface area contributed by atoms with Crippen LogP contribution in [0.3, 0.4) is 0 Å². The van der Waals surface area contributed by atoms with Crippen LogP contribution >= 0.6 is 11.3 Å². The molecule has 0 aliphatic carbocycles. The van der Waals surface area contributed by atoms with Gasteiger partial charge >= 0.3 is 0 Å². The van der Waals surface area contributed by atoms with Crippen LogP contribution in [0.2, 0.25) is 0 Å². The predicted octanol–water partition coefficient (Wildman–Crippen LogP) is 4.21. The minimum atomic E-state index is 0.0664. The van der Waals surface area contributed by atoms with Crippen molar-refractivity contribution in [3.05, 3.63) is 46.7 Å². The number of likely N-dealkylation sites (tertiary alicyclic amines) is 1. The Hall–Kier alpha value is -2.21. The SMILES string of the molecule is CC(C)Cc1cc(C(=O)N2CCCC2c2nc3ccccc3s2)n(C)n1. The molecule has 0 radical (unpaired) electrons. The third kappa shape index (κ3) is 3.14. The lowest BCUT2D eigenvalue weighted by molar-refractivity contribution is 0.0724. The zero-order valence-corrected chi connectivity index (χ0v) is 16.3. The molecule has 6 heteroatoms. The van der Waals surface area contributed by atoms with Crippen LogP contribution in [-0.4, -0.2) is 32.1 Å². The topological polar surface area (TPSA) is 51.0 Å². The molecule has 0 N–H and O–H groups in total. The molecular formula is C20H24N4OS. The summed E-state index contributed by atoms with van der Waals surface area (Å²) in [6.07, 6.45) is 2.88. The van der Waals surface area contributed by atoms with Gasteiger partial charge in [0.1, 0.15) is 10.7 Å². The quantitative estimate of drug-likeness (QED) is 0.693. The monoisotopic (exact) mass is 368 g/mol. The fourth-order valence-electron chi connectivity index (χ4n) is 3.69. The lowest BCUT2D eigenvalue weighted by Gasteiger charge is -2.22. The number of thiazole rings is 1. The highest BCUT2D eigenvalue weighted by molar-refractivity contribution is 7.18. The summed E-state index contributed by atoms with van der Waals surface area (Å²) in [4.78, 5) is 20.0. The summed E-state index contributed by atoms with van der Waals surface area (Å²) in [6, 6.07) is 10.2. The maximum absolute atomic E-state index is 13.2. The zero-order valence-electron chi connectivity index (χ0n) is 15.5. The lowest BCUT2D eigenvalue weighted by atomic mass is 10.1. The van der Waals surface area contributed by atoms with E-state index in [1.54, 1.807) is 16.0 Å². The molecule has 1 atom stereocenters. The van der Waals surface area contributed by atoms with Crippen LogP contribution in [0.25, 0.3) is 10.2 Å². The number of carbonyl (C=O) groups is 1. The van der Waals surface area contributed by atoms with Crippen LogP contribution in [0.4, 0.5) is 0 Å². The summed E-state index contributed by atoms with van der Waals surface area (Å²) in [5, 5.41) is 5.58. The Balaban J connectivity index is 1.62. The molecule has 3 heterocycles. The van der Waals surface area contributed by atoms with Crippen molar-refractivity contribution < 1.29 is 4.79 Å². The number of aromatic nitrogens is 3. The predicted molar refractivity (Wildman–Crippen MR) is 104 cm³/mol. The van der Waals surface area contributed by atoms with Crippen LogP contribution in [0.15, 0.2) is 30.3 Å². The maximum Gasteiger partial charge on any atom is 0.272 e. The molecular weight excluding hydrogens is 344 g/mol. The number of rotatable bonds is 4. The third-order valence-electron chi connectivity index (χ3n) is 4.88. The van der Waals surface area contributed by atoms with Crippen molar-refractivity contribution in [3.63, 3.8) is 0 Å². The molecule has 4 rings (SSSR count). The van der Waals surface area contributed by atoms with Gasteiger partial charge in [-0.1, -0.05) is 26.0 Å². The van der Waals surface area contributed by atoms with E-state index in [1.165, 1.54) is 4.70 Å². The van der Waals surface area contributed by atoms with Crippen molar-refractivity contribution in [2.45, 2.75) is 39.2 Å². The highest BCUT2D eigenvalue weighted by Crippen LogP contribution is 2.37. The molecule has 2 aromatic heterocycles. The largest absolute Gasteiger partial charge is 0.328 e. The van der Waals surface area contributed by atoms with E-state index < -0.39 is 0 Å². The van der Waals surface area contributed by atoms with Crippen molar-refractivity contribution in [3.8, 4) is 0 Å². The maximum atomic E-state index is 13.2. The number of aryl methyl sites for hydroxylation is 1. The van der Waals surface area contributed by atoms with Crippen LogP contribution in [0.1, 0.15) is 53.9 Å². The van der Waals surface area contributed by atoms with Gasteiger partial charge in [0.25, 0.3) is 5.91 Å². The van der Waals surface area contributed by atoms with Crippen LogP contribution in [0, 0.1) is 5.92 Å². The summed E-state index contributed by atoms with van der Waals surface area (Å²) in [6.45, 7) is 5.11. The molecule has 0 saturated carbocycles. The van der Waals surface area contributed by atoms with E-state index in [9.17, 15) is 4.79 Å². The summed E-state index contributed by atoms with van der Waals surface area (Å²) in [5.41, 5.74) is 2.68. The number of hydrogen-bond acceptors (Lipinski definition) is 4. The molecule has 1 unspecified atom stereocenters. The number of nitrogens with zero attached hydrogens (tertiary/aromatic N) is 4. The Morgan fingerprint density at radius 2 is 2.15 bits per heavy atom. The van der Waals surface area contributed by atoms with E-state index in [2.05, 4.69) is 25.0 Å². The Bertz CT molecular complexity index is 909. The second-order valence-corrected chi connectivity index (χ2v) is 8.48. The fraction of sp³-hybridized carbons (Fsp3) is 0.450. The Morgan fingerprint density at radius 3 is 2.92 bits per heavy atom. The van der Waals surface area contributed by atoms with Gasteiger partial charge in [0, 0.05) is 13.6 Å². The third-order valence-corrected chi connectivity index (χ3v) is 6.01. The number of fused-ring (bicyclic) bond motifs is 1. The summed E-state index contributed by atoms with van der Waals surface area (Å²) in [7, 11) is 1.86. The van der Waals surface area contributed by atoms with Crippen molar-refractivity contribution in [2.75, 3.05) is 6.54 Å². The van der Waals surface area contributed by atoms with Crippen molar-refractivity contribution >= 4 is 27.5 Å². The van der Waals surface area contributed by atoms with E-state index in [4.69, 9.17) is 4.98 Å². The van der Waals surface area contributed by atoms with Gasteiger partial charge in [-0.25, -0.2) is 4.98 Å². The summed E-state index contributed by atoms with van der Waals surface area (Å²) < 4.78 is 2.91. The molecule has 136 valence electrons. The van der Waals surface area contributed by atoms with E-state index in [0.29, 0.717) is 11.6 Å². The minimum absolute atomic E-state index is 0.0664. The van der Waals surface area contributed by atoms with Crippen LogP contribution in [-0.2, 0) is 13.5 Å². The van der Waals surface area contributed by atoms with Gasteiger partial charge in [0.15, 0.2) is 0 Å². The Morgan fingerprint density at radius 1 is 1.35 bits per heavy atom. The smallest absolute Gasteiger partial charge is 0.272 e. The van der Waals surface area contributed by atoms with E-state index >= 15 is 0 Å². The Kier molecular flexibility index (Phi) is 4.53. The number of para-hydroxylation sites is 1.